The van der Waals surface area contributed by atoms with Crippen molar-refractivity contribution >= 4 is 93.5 Å². The summed E-state index contributed by atoms with van der Waals surface area (Å²) in [6.07, 6.45) is 2.51. The normalized spacial score (nSPS) is 10.5. The number of nitrogens with one attached hydrogen (secondary N) is 2. The molecule has 20 heteroatoms. The van der Waals surface area contributed by atoms with Crippen LogP contribution >= 0.6 is 48.0 Å². The predicted molar refractivity (Wildman–Crippen MR) is 181 cm³/mol. The molecule has 48 heavy (non-hydrogen) atoms. The molecule has 0 aliphatic heterocycles. The van der Waals surface area contributed by atoms with Gasteiger partial charge in [-0.15, -0.1) is 24.8 Å². The summed E-state index contributed by atoms with van der Waals surface area (Å²) in [6.45, 7) is 0.351. The second kappa shape index (κ2) is 15.8. The van der Waals surface area contributed by atoms with Crippen LogP contribution in [0.25, 0.3) is 22.1 Å². The minimum absolute atomic E-state index is 0. The number of fused-ring (bicyclic) bond motifs is 2. The molecule has 6 aromatic rings. The van der Waals surface area contributed by atoms with Crippen LogP contribution < -0.4 is 22.1 Å². The number of aryl methyl sites for hydroxylation is 2. The van der Waals surface area contributed by atoms with Gasteiger partial charge in [0.15, 0.2) is 17.2 Å². The Balaban J connectivity index is 0.000000250. The van der Waals surface area contributed by atoms with Crippen LogP contribution in [0.15, 0.2) is 49.1 Å². The van der Waals surface area contributed by atoms with Gasteiger partial charge >= 0.3 is 0 Å². The van der Waals surface area contributed by atoms with Gasteiger partial charge in [-0.25, -0.2) is 28.7 Å². The number of nitrogen functional groups attached to an aromatic ring is 2. The van der Waals surface area contributed by atoms with E-state index in [1.54, 1.807) is 20.2 Å². The molecular formula is C28H26Cl4F2N12O2. The third-order valence-electron chi connectivity index (χ3n) is 6.61. The van der Waals surface area contributed by atoms with E-state index in [2.05, 4.69) is 40.8 Å². The maximum absolute atomic E-state index is 13.1. The number of halogens is 6. The number of rotatable bonds is 6. The van der Waals surface area contributed by atoms with Crippen molar-refractivity contribution in [1.82, 2.24) is 50.1 Å². The van der Waals surface area contributed by atoms with Crippen molar-refractivity contribution in [2.75, 3.05) is 11.5 Å². The highest BCUT2D eigenvalue weighted by molar-refractivity contribution is 6.31. The average Bonchev–Trinajstić information content (AvgIpc) is 3.51. The summed E-state index contributed by atoms with van der Waals surface area (Å²) >= 11 is 11.4. The quantitative estimate of drug-likeness (QED) is 0.192. The Hall–Kier alpha value is -4.90. The van der Waals surface area contributed by atoms with E-state index < -0.39 is 23.4 Å². The van der Waals surface area contributed by atoms with E-state index in [1.807, 2.05) is 0 Å². The number of hydrogen-bond donors (Lipinski definition) is 4. The molecule has 0 fully saturated rings. The summed E-state index contributed by atoms with van der Waals surface area (Å²) in [6, 6.07) is 8.47. The van der Waals surface area contributed by atoms with E-state index in [1.165, 1.54) is 52.4 Å². The SMILES string of the molecule is Cl.Cl.Cn1nc(N)c2ncnc(C(=O)NCc3ccc(F)c(Cl)c3)c21.Cn1nc2c(C(=O)NCc3ccc(F)c(Cl)c3)ncnc2c1N. The maximum atomic E-state index is 13.1. The number of nitrogens with zero attached hydrogens (tertiary/aromatic N) is 8. The van der Waals surface area contributed by atoms with Crippen molar-refractivity contribution < 1.29 is 18.4 Å². The van der Waals surface area contributed by atoms with E-state index in [4.69, 9.17) is 34.7 Å². The molecule has 6 N–H and O–H groups in total. The zero-order valence-electron chi connectivity index (χ0n) is 24.9. The van der Waals surface area contributed by atoms with E-state index in [-0.39, 0.29) is 65.2 Å². The summed E-state index contributed by atoms with van der Waals surface area (Å²) in [5.74, 6) is -1.30. The first-order valence-corrected chi connectivity index (χ1v) is 14.0. The highest BCUT2D eigenvalue weighted by Crippen LogP contribution is 2.21. The molecular weight excluding hydrogens is 716 g/mol. The second-order valence-corrected chi connectivity index (χ2v) is 10.5. The average molecular weight is 742 g/mol. The van der Waals surface area contributed by atoms with Crippen molar-refractivity contribution in [1.29, 1.82) is 0 Å². The monoisotopic (exact) mass is 740 g/mol. The van der Waals surface area contributed by atoms with Crippen LogP contribution in [0, 0.1) is 11.6 Å². The van der Waals surface area contributed by atoms with E-state index >= 15 is 0 Å². The third kappa shape index (κ3) is 7.96. The summed E-state index contributed by atoms with van der Waals surface area (Å²) in [5.41, 5.74) is 14.8. The minimum Gasteiger partial charge on any atom is -0.382 e. The summed E-state index contributed by atoms with van der Waals surface area (Å²) < 4.78 is 29.1. The highest BCUT2D eigenvalue weighted by atomic mass is 35.5. The van der Waals surface area contributed by atoms with E-state index in [0.29, 0.717) is 39.0 Å². The maximum Gasteiger partial charge on any atom is 0.272 e. The van der Waals surface area contributed by atoms with Crippen LogP contribution in [0.1, 0.15) is 32.1 Å². The molecule has 6 rings (SSSR count). The number of hydrogen-bond acceptors (Lipinski definition) is 10. The first-order valence-electron chi connectivity index (χ1n) is 13.2. The number of benzene rings is 2. The van der Waals surface area contributed by atoms with Gasteiger partial charge in [0, 0.05) is 27.2 Å². The highest BCUT2D eigenvalue weighted by Gasteiger charge is 2.19. The van der Waals surface area contributed by atoms with Gasteiger partial charge in [-0.2, -0.15) is 10.2 Å². The molecule has 14 nitrogen and oxygen atoms in total. The van der Waals surface area contributed by atoms with Gasteiger partial charge in [0.2, 0.25) is 0 Å². The molecule has 2 amide bonds. The summed E-state index contributed by atoms with van der Waals surface area (Å²) in [7, 11) is 3.30. The van der Waals surface area contributed by atoms with Gasteiger partial charge < -0.3 is 22.1 Å². The number of carbonyl (C=O) groups excluding carboxylic acids is 2. The zero-order valence-corrected chi connectivity index (χ0v) is 28.1. The topological polar surface area (TPSA) is 197 Å². The lowest BCUT2D eigenvalue weighted by Gasteiger charge is -2.07. The van der Waals surface area contributed by atoms with Crippen LogP contribution in [0.2, 0.25) is 10.0 Å². The Kier molecular flexibility index (Phi) is 12.4. The molecule has 4 aromatic heterocycles. The predicted octanol–water partition coefficient (Wildman–Crippen LogP) is 4.18. The number of amides is 2. The zero-order chi connectivity index (χ0) is 33.1. The van der Waals surface area contributed by atoms with Crippen molar-refractivity contribution in [2.45, 2.75) is 13.1 Å². The molecule has 0 saturated carbocycles. The van der Waals surface area contributed by atoms with Gasteiger partial charge in [-0.3, -0.25) is 19.0 Å². The summed E-state index contributed by atoms with van der Waals surface area (Å²) in [5, 5.41) is 13.6. The lowest BCUT2D eigenvalue weighted by Crippen LogP contribution is -2.24. The van der Waals surface area contributed by atoms with Gasteiger partial charge in [0.05, 0.1) is 10.0 Å². The molecule has 0 spiro atoms. The van der Waals surface area contributed by atoms with Crippen LogP contribution in [0.3, 0.4) is 0 Å². The van der Waals surface area contributed by atoms with Crippen LogP contribution in [-0.4, -0.2) is 51.3 Å². The van der Waals surface area contributed by atoms with Crippen LogP contribution in [-0.2, 0) is 27.2 Å². The molecule has 0 aliphatic rings. The Bertz CT molecular complexity index is 2120. The molecule has 0 saturated heterocycles. The first kappa shape index (κ1) is 37.6. The fourth-order valence-electron chi connectivity index (χ4n) is 4.31. The molecule has 0 bridgehead atoms. The fraction of sp³-hybridized carbons (Fsp3) is 0.143. The largest absolute Gasteiger partial charge is 0.382 e. The van der Waals surface area contributed by atoms with Crippen molar-refractivity contribution in [2.24, 2.45) is 14.1 Å². The number of anilines is 2. The van der Waals surface area contributed by atoms with Crippen molar-refractivity contribution in [3.8, 4) is 0 Å². The Morgan fingerprint density at radius 2 is 1.23 bits per heavy atom. The molecule has 4 heterocycles. The molecule has 252 valence electrons. The molecule has 0 aliphatic carbocycles. The third-order valence-corrected chi connectivity index (χ3v) is 7.19. The first-order chi connectivity index (χ1) is 21.9. The van der Waals surface area contributed by atoms with Gasteiger partial charge in [-0.05, 0) is 35.4 Å². The van der Waals surface area contributed by atoms with Crippen molar-refractivity contribution in [3.05, 3.63) is 93.2 Å². The van der Waals surface area contributed by atoms with E-state index in [0.717, 1.165) is 0 Å². The number of nitrogens with two attached hydrogens (primary N) is 2. The summed E-state index contributed by atoms with van der Waals surface area (Å²) in [4.78, 5) is 40.7. The molecule has 0 unspecified atom stereocenters. The molecule has 2 aromatic carbocycles. The fourth-order valence-corrected chi connectivity index (χ4v) is 4.72. The lowest BCUT2D eigenvalue weighted by molar-refractivity contribution is 0.0939. The van der Waals surface area contributed by atoms with Crippen LogP contribution in [0.4, 0.5) is 20.4 Å². The van der Waals surface area contributed by atoms with Gasteiger partial charge in [0.25, 0.3) is 11.8 Å². The number of carbonyl (C=O) groups is 2. The Morgan fingerprint density at radius 1 is 0.729 bits per heavy atom. The Labute approximate surface area is 293 Å². The molecule has 0 radical (unpaired) electrons. The van der Waals surface area contributed by atoms with Crippen LogP contribution in [0.5, 0.6) is 0 Å². The molecule has 0 atom stereocenters. The smallest absolute Gasteiger partial charge is 0.272 e. The minimum atomic E-state index is -0.511. The van der Waals surface area contributed by atoms with Gasteiger partial charge in [-0.1, -0.05) is 35.3 Å². The van der Waals surface area contributed by atoms with Gasteiger partial charge in [0.1, 0.15) is 52.2 Å². The lowest BCUT2D eigenvalue weighted by atomic mass is 10.2. The standard InChI is InChI=1S/2C14H12ClFN6O.2ClH/c1-22-12-10(13(17)21-22)19-6-20-11(12)14(23)18-5-7-2-3-9(16)8(15)4-7;1-22-13(17)11-10(21-22)12(20-6-19-11)14(23)18-5-7-2-3-9(16)8(15)4-7;;/h2-4,6H,5H2,1H3,(H2,17,21)(H,18,23);2-4,6H,5,17H2,1H3,(H,18,23);2*1H. The Morgan fingerprint density at radius 3 is 1.77 bits per heavy atom. The van der Waals surface area contributed by atoms with Crippen molar-refractivity contribution in [3.63, 3.8) is 0 Å². The van der Waals surface area contributed by atoms with E-state index in [9.17, 15) is 18.4 Å². The number of aromatic nitrogens is 8. The second-order valence-electron chi connectivity index (χ2n) is 9.72.